The van der Waals surface area contributed by atoms with Crippen LogP contribution in [-0.2, 0) is 19.5 Å². The summed E-state index contributed by atoms with van der Waals surface area (Å²) in [7, 11) is 0. The normalized spacial score (nSPS) is 18.2. The van der Waals surface area contributed by atoms with E-state index in [4.69, 9.17) is 4.74 Å². The van der Waals surface area contributed by atoms with Crippen molar-refractivity contribution in [1.82, 2.24) is 19.8 Å². The van der Waals surface area contributed by atoms with E-state index in [-0.39, 0.29) is 30.7 Å². The van der Waals surface area contributed by atoms with E-state index in [9.17, 15) is 18.0 Å². The molecule has 0 unspecified atom stereocenters. The average molecular weight is 456 g/mol. The lowest BCUT2D eigenvalue weighted by molar-refractivity contribution is -0.148. The number of carbonyl (C=O) groups excluding carboxylic acids is 1. The number of imidazole rings is 1. The first-order chi connectivity index (χ1) is 15.9. The molecule has 2 aromatic carbocycles. The average Bonchev–Trinajstić information content (AvgIpc) is 3.17. The van der Waals surface area contributed by atoms with Crippen LogP contribution in [0.25, 0.3) is 11.3 Å². The number of alkyl halides is 3. The number of aromatic nitrogens is 2. The molecule has 3 aromatic rings. The number of nitrogens with zero attached hydrogens (tertiary/aromatic N) is 3. The summed E-state index contributed by atoms with van der Waals surface area (Å²) >= 11 is 0. The molecule has 0 saturated heterocycles. The van der Waals surface area contributed by atoms with Crippen molar-refractivity contribution < 1.29 is 22.7 Å². The topological polar surface area (TPSA) is 59.4 Å². The Labute approximate surface area is 189 Å². The van der Waals surface area contributed by atoms with Gasteiger partial charge in [-0.2, -0.15) is 13.2 Å². The molecule has 5 rings (SSSR count). The third kappa shape index (κ3) is 4.59. The molecule has 1 aromatic heterocycles. The van der Waals surface area contributed by atoms with Crippen molar-refractivity contribution in [2.75, 3.05) is 19.7 Å². The number of halogens is 3. The lowest BCUT2D eigenvalue weighted by atomic mass is 10.0. The summed E-state index contributed by atoms with van der Waals surface area (Å²) in [4.78, 5) is 19.1. The second kappa shape index (κ2) is 8.55. The van der Waals surface area contributed by atoms with Crippen LogP contribution in [0.3, 0.4) is 0 Å². The fourth-order valence-corrected chi connectivity index (χ4v) is 4.49. The van der Waals surface area contributed by atoms with Crippen molar-refractivity contribution in [3.05, 3.63) is 71.7 Å². The number of ether oxygens (including phenoxy) is 1. The quantitative estimate of drug-likeness (QED) is 0.651. The maximum atomic E-state index is 13.3. The standard InChI is InChI=1S/C24H23F3N4O2/c25-24(26,27)15-30-10-11-31-20(13-30)29-21(22(31)16-6-2-1-3-7-16)23(32)28-18-12-17-8-4-5-9-19(17)33-14-18/h1-9,18H,10-15H2,(H,28,32)/t18-/m1/s1. The van der Waals surface area contributed by atoms with Gasteiger partial charge in [0.05, 0.1) is 24.8 Å². The summed E-state index contributed by atoms with van der Waals surface area (Å²) in [5.41, 5.74) is 2.68. The number of hydrogen-bond donors (Lipinski definition) is 1. The maximum Gasteiger partial charge on any atom is 0.401 e. The van der Waals surface area contributed by atoms with Crippen molar-refractivity contribution >= 4 is 5.91 Å². The zero-order chi connectivity index (χ0) is 23.0. The maximum absolute atomic E-state index is 13.3. The summed E-state index contributed by atoms with van der Waals surface area (Å²) in [5, 5.41) is 3.01. The van der Waals surface area contributed by atoms with Crippen LogP contribution in [0, 0.1) is 0 Å². The lowest BCUT2D eigenvalue weighted by Crippen LogP contribution is -2.43. The number of rotatable bonds is 4. The zero-order valence-corrected chi connectivity index (χ0v) is 17.8. The highest BCUT2D eigenvalue weighted by atomic mass is 19.4. The van der Waals surface area contributed by atoms with E-state index in [0.29, 0.717) is 31.1 Å². The fourth-order valence-electron chi connectivity index (χ4n) is 4.49. The van der Waals surface area contributed by atoms with E-state index in [1.807, 2.05) is 59.2 Å². The third-order valence-corrected chi connectivity index (χ3v) is 5.93. The van der Waals surface area contributed by atoms with Crippen LogP contribution >= 0.6 is 0 Å². The summed E-state index contributed by atoms with van der Waals surface area (Å²) in [6.07, 6.45) is -3.65. The molecule has 33 heavy (non-hydrogen) atoms. The number of para-hydroxylation sites is 1. The van der Waals surface area contributed by atoms with Gasteiger partial charge in [-0.25, -0.2) is 4.98 Å². The monoisotopic (exact) mass is 456 g/mol. The molecule has 2 aliphatic heterocycles. The Bertz CT molecular complexity index is 1160. The van der Waals surface area contributed by atoms with Crippen molar-refractivity contribution in [1.29, 1.82) is 0 Å². The van der Waals surface area contributed by atoms with Gasteiger partial charge in [-0.1, -0.05) is 48.5 Å². The smallest absolute Gasteiger partial charge is 0.401 e. The minimum Gasteiger partial charge on any atom is -0.491 e. The summed E-state index contributed by atoms with van der Waals surface area (Å²) in [5.74, 6) is 0.918. The van der Waals surface area contributed by atoms with Gasteiger partial charge < -0.3 is 14.6 Å². The molecule has 2 aliphatic rings. The predicted molar refractivity (Wildman–Crippen MR) is 116 cm³/mol. The molecule has 0 spiro atoms. The number of hydrogen-bond acceptors (Lipinski definition) is 4. The van der Waals surface area contributed by atoms with Crippen LogP contribution in [0.5, 0.6) is 5.75 Å². The Morgan fingerprint density at radius 1 is 1.09 bits per heavy atom. The first kappa shape index (κ1) is 21.5. The van der Waals surface area contributed by atoms with E-state index in [1.165, 1.54) is 4.90 Å². The van der Waals surface area contributed by atoms with Crippen molar-refractivity contribution in [3.63, 3.8) is 0 Å². The molecule has 0 fully saturated rings. The molecule has 1 atom stereocenters. The molecule has 6 nitrogen and oxygen atoms in total. The number of benzene rings is 2. The van der Waals surface area contributed by atoms with E-state index in [1.54, 1.807) is 0 Å². The number of carbonyl (C=O) groups is 1. The second-order valence-corrected chi connectivity index (χ2v) is 8.36. The Morgan fingerprint density at radius 2 is 1.85 bits per heavy atom. The second-order valence-electron chi connectivity index (χ2n) is 8.36. The van der Waals surface area contributed by atoms with Crippen LogP contribution in [-0.4, -0.2) is 52.3 Å². The predicted octanol–water partition coefficient (Wildman–Crippen LogP) is 3.66. The minimum absolute atomic E-state index is 0.0343. The van der Waals surface area contributed by atoms with Crippen LogP contribution in [0.4, 0.5) is 13.2 Å². The van der Waals surface area contributed by atoms with E-state index in [2.05, 4.69) is 10.3 Å². The molecule has 0 radical (unpaired) electrons. The molecule has 0 bridgehead atoms. The minimum atomic E-state index is -4.28. The number of fused-ring (bicyclic) bond motifs is 2. The van der Waals surface area contributed by atoms with Crippen LogP contribution in [0.1, 0.15) is 21.9 Å². The highest BCUT2D eigenvalue weighted by Gasteiger charge is 2.35. The molecule has 1 N–H and O–H groups in total. The Kier molecular flexibility index (Phi) is 5.57. The highest BCUT2D eigenvalue weighted by molar-refractivity contribution is 5.98. The van der Waals surface area contributed by atoms with Crippen LogP contribution < -0.4 is 10.1 Å². The third-order valence-electron chi connectivity index (χ3n) is 5.93. The summed E-state index contributed by atoms with van der Waals surface area (Å²) in [6, 6.07) is 16.8. The van der Waals surface area contributed by atoms with Gasteiger partial charge in [0.25, 0.3) is 5.91 Å². The van der Waals surface area contributed by atoms with Crippen LogP contribution in [0.15, 0.2) is 54.6 Å². The van der Waals surface area contributed by atoms with Crippen molar-refractivity contribution in [3.8, 4) is 17.0 Å². The molecule has 3 heterocycles. The molecular weight excluding hydrogens is 433 g/mol. The summed E-state index contributed by atoms with van der Waals surface area (Å²) < 4.78 is 46.4. The number of nitrogens with one attached hydrogen (secondary N) is 1. The first-order valence-corrected chi connectivity index (χ1v) is 10.8. The van der Waals surface area contributed by atoms with Gasteiger partial charge in [0.15, 0.2) is 5.69 Å². The molecular formula is C24H23F3N4O2. The Balaban J connectivity index is 1.43. The molecule has 172 valence electrons. The van der Waals surface area contributed by atoms with Crippen molar-refractivity contribution in [2.45, 2.75) is 31.7 Å². The van der Waals surface area contributed by atoms with Gasteiger partial charge in [-0.3, -0.25) is 9.69 Å². The van der Waals surface area contributed by atoms with E-state index < -0.39 is 12.7 Å². The van der Waals surface area contributed by atoms with Gasteiger partial charge in [-0.15, -0.1) is 0 Å². The Morgan fingerprint density at radius 3 is 2.64 bits per heavy atom. The van der Waals surface area contributed by atoms with Crippen LogP contribution in [0.2, 0.25) is 0 Å². The molecule has 0 aliphatic carbocycles. The van der Waals surface area contributed by atoms with E-state index in [0.717, 1.165) is 16.9 Å². The lowest BCUT2D eigenvalue weighted by Gasteiger charge is -2.29. The SMILES string of the molecule is O=C(N[C@H]1COc2ccccc2C1)c1nc2n(c1-c1ccccc1)CCN(CC(F)(F)F)C2. The van der Waals surface area contributed by atoms with Gasteiger partial charge >= 0.3 is 6.18 Å². The summed E-state index contributed by atoms with van der Waals surface area (Å²) in [6.45, 7) is -0.0589. The van der Waals surface area contributed by atoms with Gasteiger partial charge in [0.1, 0.15) is 18.2 Å². The highest BCUT2D eigenvalue weighted by Crippen LogP contribution is 2.30. The Hall–Kier alpha value is -3.33. The van der Waals surface area contributed by atoms with Gasteiger partial charge in [-0.05, 0) is 18.1 Å². The zero-order valence-electron chi connectivity index (χ0n) is 17.8. The van der Waals surface area contributed by atoms with Gasteiger partial charge in [0, 0.05) is 18.7 Å². The fraction of sp³-hybridized carbons (Fsp3) is 0.333. The number of amides is 1. The van der Waals surface area contributed by atoms with Gasteiger partial charge in [0.2, 0.25) is 0 Å². The van der Waals surface area contributed by atoms with E-state index >= 15 is 0 Å². The molecule has 0 saturated carbocycles. The molecule has 1 amide bonds. The first-order valence-electron chi connectivity index (χ1n) is 10.8. The van der Waals surface area contributed by atoms with Crippen molar-refractivity contribution in [2.24, 2.45) is 0 Å². The molecule has 9 heteroatoms. The largest absolute Gasteiger partial charge is 0.491 e.